The highest BCUT2D eigenvalue weighted by atomic mass is 35.5. The summed E-state index contributed by atoms with van der Waals surface area (Å²) in [7, 11) is 0.0244. The van der Waals surface area contributed by atoms with E-state index >= 15 is 0 Å². The van der Waals surface area contributed by atoms with Crippen molar-refractivity contribution in [2.24, 2.45) is 0 Å². The number of ether oxygens (including phenoxy) is 1. The zero-order valence-electron chi connectivity index (χ0n) is 10.7. The maximum atomic E-state index is 9.36. The van der Waals surface area contributed by atoms with Crippen molar-refractivity contribution in [3.63, 3.8) is 0 Å². The summed E-state index contributed by atoms with van der Waals surface area (Å²) in [5.41, 5.74) is 1.87. The lowest BCUT2D eigenvalue weighted by Crippen LogP contribution is -2.33. The molecule has 2 rings (SSSR count). The van der Waals surface area contributed by atoms with Crippen LogP contribution in [0, 0.1) is 6.92 Å². The van der Waals surface area contributed by atoms with Crippen molar-refractivity contribution in [3.05, 3.63) is 40.7 Å². The van der Waals surface area contributed by atoms with Crippen LogP contribution in [0.5, 0.6) is 5.75 Å². The van der Waals surface area contributed by atoms with Crippen molar-refractivity contribution in [3.8, 4) is 5.75 Å². The Labute approximate surface area is 116 Å². The lowest BCUT2D eigenvalue weighted by molar-refractivity contribution is 0.413. The minimum absolute atomic E-state index is 0.387. The zero-order valence-corrected chi connectivity index (χ0v) is 11.4. The molecule has 0 spiro atoms. The van der Waals surface area contributed by atoms with Gasteiger partial charge in [-0.3, -0.25) is 4.68 Å². The van der Waals surface area contributed by atoms with E-state index < -0.39 is 7.12 Å². The predicted octanol–water partition coefficient (Wildman–Crippen LogP) is 0.582. The minimum Gasteiger partial charge on any atom is -0.497 e. The summed E-state index contributed by atoms with van der Waals surface area (Å²) in [5.74, 6) is 0.648. The largest absolute Gasteiger partial charge is 0.497 e. The van der Waals surface area contributed by atoms with Crippen molar-refractivity contribution in [2.45, 2.75) is 13.5 Å². The van der Waals surface area contributed by atoms with Crippen molar-refractivity contribution < 1.29 is 14.8 Å². The summed E-state index contributed by atoms with van der Waals surface area (Å²) in [6.07, 6.45) is 1.70. The van der Waals surface area contributed by atoms with Gasteiger partial charge in [0.25, 0.3) is 0 Å². The molecule has 1 aromatic carbocycles. The maximum absolute atomic E-state index is 9.36. The second kappa shape index (κ2) is 5.65. The van der Waals surface area contributed by atoms with Crippen LogP contribution >= 0.6 is 11.6 Å². The number of aromatic nitrogens is 2. The monoisotopic (exact) mass is 280 g/mol. The van der Waals surface area contributed by atoms with Crippen molar-refractivity contribution >= 4 is 24.2 Å². The summed E-state index contributed by atoms with van der Waals surface area (Å²) in [6.45, 7) is 2.20. The molecular formula is C12H14BClN2O3. The van der Waals surface area contributed by atoms with E-state index in [9.17, 15) is 10.0 Å². The molecule has 0 aliphatic rings. The first-order chi connectivity index (χ1) is 9.01. The first kappa shape index (κ1) is 13.9. The van der Waals surface area contributed by atoms with Crippen LogP contribution in [0.3, 0.4) is 0 Å². The molecule has 0 radical (unpaired) electrons. The number of hydrogen-bond donors (Lipinski definition) is 2. The molecule has 2 aromatic rings. The number of benzene rings is 1. The fourth-order valence-electron chi connectivity index (χ4n) is 1.85. The molecule has 0 amide bonds. The quantitative estimate of drug-likeness (QED) is 0.804. The Hall–Kier alpha value is -1.50. The maximum Gasteiger partial charge on any atom is 0.488 e. The third-order valence-electron chi connectivity index (χ3n) is 2.85. The zero-order chi connectivity index (χ0) is 14.0. The van der Waals surface area contributed by atoms with Gasteiger partial charge < -0.3 is 14.8 Å². The summed E-state index contributed by atoms with van der Waals surface area (Å²) in [4.78, 5) is 0. The van der Waals surface area contributed by atoms with Gasteiger partial charge in [0.2, 0.25) is 0 Å². The molecule has 0 fully saturated rings. The van der Waals surface area contributed by atoms with Crippen LogP contribution in [0.25, 0.3) is 0 Å². The third-order valence-corrected chi connectivity index (χ3v) is 3.22. The Bertz CT molecular complexity index is 567. The Kier molecular flexibility index (Phi) is 4.14. The van der Waals surface area contributed by atoms with E-state index in [4.69, 9.17) is 16.3 Å². The molecule has 0 atom stereocenters. The number of rotatable bonds is 4. The van der Waals surface area contributed by atoms with Gasteiger partial charge in [0.05, 0.1) is 24.4 Å². The second-order valence-corrected chi connectivity index (χ2v) is 4.61. The van der Waals surface area contributed by atoms with Crippen LogP contribution in [0.15, 0.2) is 24.4 Å². The topological polar surface area (TPSA) is 67.5 Å². The number of methoxy groups -OCH3 is 1. The van der Waals surface area contributed by atoms with Crippen LogP contribution < -0.4 is 10.2 Å². The standard InChI is InChI=1S/C12H14BClN2O3/c1-8-12(14)7-16(15-8)6-9-5-10(19-2)3-4-11(9)13(17)18/h3-5,7,17-18H,6H2,1-2H3. The molecule has 0 aliphatic heterocycles. The highest BCUT2D eigenvalue weighted by Crippen LogP contribution is 2.16. The van der Waals surface area contributed by atoms with Crippen LogP contribution in [0.2, 0.25) is 5.02 Å². The van der Waals surface area contributed by atoms with Crippen LogP contribution in [-0.2, 0) is 6.54 Å². The number of hydrogen-bond acceptors (Lipinski definition) is 4. The number of halogens is 1. The molecule has 0 aliphatic carbocycles. The van der Waals surface area contributed by atoms with Gasteiger partial charge in [-0.1, -0.05) is 17.7 Å². The Morgan fingerprint density at radius 2 is 2.16 bits per heavy atom. The molecule has 7 heteroatoms. The molecule has 5 nitrogen and oxygen atoms in total. The van der Waals surface area contributed by atoms with Gasteiger partial charge in [0.15, 0.2) is 0 Å². The smallest absolute Gasteiger partial charge is 0.488 e. The van der Waals surface area contributed by atoms with Gasteiger partial charge in [-0.2, -0.15) is 5.10 Å². The lowest BCUT2D eigenvalue weighted by atomic mass is 9.77. The van der Waals surface area contributed by atoms with Crippen molar-refractivity contribution in [1.82, 2.24) is 9.78 Å². The van der Waals surface area contributed by atoms with Gasteiger partial charge in [-0.15, -0.1) is 0 Å². The van der Waals surface area contributed by atoms with Gasteiger partial charge in [0, 0.05) is 6.20 Å². The average Bonchev–Trinajstić information content (AvgIpc) is 2.67. The van der Waals surface area contributed by atoms with E-state index in [0.29, 0.717) is 28.3 Å². The SMILES string of the molecule is COc1ccc(B(O)O)c(Cn2cc(Cl)c(C)n2)c1. The van der Waals surface area contributed by atoms with Crippen molar-refractivity contribution in [2.75, 3.05) is 7.11 Å². The van der Waals surface area contributed by atoms with Gasteiger partial charge >= 0.3 is 7.12 Å². The third kappa shape index (κ3) is 3.09. The van der Waals surface area contributed by atoms with Gasteiger partial charge in [0.1, 0.15) is 5.75 Å². The Balaban J connectivity index is 2.36. The van der Waals surface area contributed by atoms with Gasteiger partial charge in [-0.25, -0.2) is 0 Å². The van der Waals surface area contributed by atoms with Crippen LogP contribution in [0.4, 0.5) is 0 Å². The molecule has 0 bridgehead atoms. The van der Waals surface area contributed by atoms with E-state index in [-0.39, 0.29) is 0 Å². The minimum atomic E-state index is -1.53. The average molecular weight is 281 g/mol. The highest BCUT2D eigenvalue weighted by molar-refractivity contribution is 6.59. The number of nitrogens with zero attached hydrogens (tertiary/aromatic N) is 2. The normalized spacial score (nSPS) is 10.6. The van der Waals surface area contributed by atoms with E-state index in [1.807, 2.05) is 6.92 Å². The highest BCUT2D eigenvalue weighted by Gasteiger charge is 2.17. The fraction of sp³-hybridized carbons (Fsp3) is 0.250. The molecule has 0 unspecified atom stereocenters. The molecule has 100 valence electrons. The van der Waals surface area contributed by atoms with E-state index in [1.54, 1.807) is 36.2 Å². The molecule has 0 saturated carbocycles. The first-order valence-corrected chi connectivity index (χ1v) is 6.11. The molecular weight excluding hydrogens is 266 g/mol. The Morgan fingerprint density at radius 1 is 1.42 bits per heavy atom. The second-order valence-electron chi connectivity index (χ2n) is 4.20. The van der Waals surface area contributed by atoms with Gasteiger partial charge in [-0.05, 0) is 30.1 Å². The molecule has 2 N–H and O–H groups in total. The van der Waals surface area contributed by atoms with E-state index in [2.05, 4.69) is 5.10 Å². The van der Waals surface area contributed by atoms with Crippen molar-refractivity contribution in [1.29, 1.82) is 0 Å². The summed E-state index contributed by atoms with van der Waals surface area (Å²) < 4.78 is 6.79. The molecule has 0 saturated heterocycles. The summed E-state index contributed by atoms with van der Waals surface area (Å²) in [6, 6.07) is 5.05. The van der Waals surface area contributed by atoms with E-state index in [1.165, 1.54) is 0 Å². The summed E-state index contributed by atoms with van der Waals surface area (Å²) in [5, 5.41) is 23.5. The molecule has 1 heterocycles. The molecule has 1 aromatic heterocycles. The number of aryl methyl sites for hydroxylation is 1. The summed E-state index contributed by atoms with van der Waals surface area (Å²) >= 11 is 5.95. The Morgan fingerprint density at radius 3 is 2.68 bits per heavy atom. The predicted molar refractivity (Wildman–Crippen MR) is 73.9 cm³/mol. The van der Waals surface area contributed by atoms with Crippen LogP contribution in [0.1, 0.15) is 11.3 Å². The molecule has 19 heavy (non-hydrogen) atoms. The first-order valence-electron chi connectivity index (χ1n) is 5.73. The lowest BCUT2D eigenvalue weighted by Gasteiger charge is -2.11. The van der Waals surface area contributed by atoms with Crippen LogP contribution in [-0.4, -0.2) is 34.1 Å². The fourth-order valence-corrected chi connectivity index (χ4v) is 2.00. The van der Waals surface area contributed by atoms with E-state index in [0.717, 1.165) is 5.69 Å².